The summed E-state index contributed by atoms with van der Waals surface area (Å²) in [5.41, 5.74) is 1.35. The highest BCUT2D eigenvalue weighted by atomic mass is 16.5. The molecule has 20 heavy (non-hydrogen) atoms. The van der Waals surface area contributed by atoms with Gasteiger partial charge in [0, 0.05) is 11.5 Å². The lowest BCUT2D eigenvalue weighted by Gasteiger charge is -2.14. The lowest BCUT2D eigenvalue weighted by atomic mass is 10.1. The van der Waals surface area contributed by atoms with Crippen LogP contribution in [-0.4, -0.2) is 24.7 Å². The number of nitrogens with one attached hydrogen (secondary N) is 1. The van der Waals surface area contributed by atoms with Gasteiger partial charge < -0.3 is 15.2 Å². The Hall–Kier alpha value is -1.99. The van der Waals surface area contributed by atoms with E-state index in [9.17, 15) is 4.79 Å². The van der Waals surface area contributed by atoms with Crippen molar-refractivity contribution in [2.24, 2.45) is 11.8 Å². The van der Waals surface area contributed by atoms with Crippen molar-refractivity contribution in [3.63, 3.8) is 0 Å². The van der Waals surface area contributed by atoms with E-state index in [-0.39, 0.29) is 18.4 Å². The van der Waals surface area contributed by atoms with Crippen LogP contribution in [0.1, 0.15) is 25.3 Å². The van der Waals surface area contributed by atoms with Crippen LogP contribution in [0.2, 0.25) is 0 Å². The molecule has 106 valence electrons. The third-order valence-electron chi connectivity index (χ3n) is 3.51. The predicted molar refractivity (Wildman–Crippen MR) is 77.5 cm³/mol. The van der Waals surface area contributed by atoms with Crippen LogP contribution in [-0.2, 0) is 4.79 Å². The monoisotopic (exact) mass is 273 g/mol. The van der Waals surface area contributed by atoms with E-state index in [1.807, 2.05) is 6.92 Å². The summed E-state index contributed by atoms with van der Waals surface area (Å²) in [5, 5.41) is 11.6. The average Bonchev–Trinajstić information content (AvgIpc) is 3.29. The number of carbonyl (C=O) groups excluding carboxylic acids is 1. The molecule has 0 spiro atoms. The van der Waals surface area contributed by atoms with Crippen LogP contribution < -0.4 is 10.1 Å². The van der Waals surface area contributed by atoms with Gasteiger partial charge in [-0.2, -0.15) is 0 Å². The molecule has 2 N–H and O–H groups in total. The third kappa shape index (κ3) is 3.52. The molecule has 1 atom stereocenters. The topological polar surface area (TPSA) is 58.6 Å². The SMILES string of the molecule is COc1ccc(C#CCO)cc1NC(=O)C(C)C1CC1. The van der Waals surface area contributed by atoms with Crippen molar-refractivity contribution in [3.05, 3.63) is 23.8 Å². The highest BCUT2D eigenvalue weighted by Gasteiger charge is 2.32. The van der Waals surface area contributed by atoms with Crippen molar-refractivity contribution in [1.29, 1.82) is 0 Å². The van der Waals surface area contributed by atoms with Gasteiger partial charge >= 0.3 is 0 Å². The van der Waals surface area contributed by atoms with E-state index < -0.39 is 0 Å². The molecule has 1 unspecified atom stereocenters. The minimum atomic E-state index is -0.188. The van der Waals surface area contributed by atoms with Gasteiger partial charge in [-0.05, 0) is 37.0 Å². The Labute approximate surface area is 119 Å². The molecule has 0 radical (unpaired) electrons. The Kier molecular flexibility index (Phi) is 4.65. The second-order valence-electron chi connectivity index (χ2n) is 4.99. The molecule has 1 aromatic carbocycles. The molecular weight excluding hydrogens is 254 g/mol. The molecule has 0 bridgehead atoms. The number of aliphatic hydroxyl groups excluding tert-OH is 1. The van der Waals surface area contributed by atoms with Gasteiger partial charge in [0.25, 0.3) is 0 Å². The van der Waals surface area contributed by atoms with E-state index in [4.69, 9.17) is 9.84 Å². The number of benzene rings is 1. The molecule has 2 rings (SSSR count). The van der Waals surface area contributed by atoms with Gasteiger partial charge in [0.05, 0.1) is 12.8 Å². The fraction of sp³-hybridized carbons (Fsp3) is 0.438. The van der Waals surface area contributed by atoms with Gasteiger partial charge in [-0.25, -0.2) is 0 Å². The zero-order valence-corrected chi connectivity index (χ0v) is 11.8. The molecular formula is C16H19NO3. The summed E-state index contributed by atoms with van der Waals surface area (Å²) in [7, 11) is 1.56. The second-order valence-corrected chi connectivity index (χ2v) is 4.99. The summed E-state index contributed by atoms with van der Waals surface area (Å²) in [4.78, 5) is 12.1. The summed E-state index contributed by atoms with van der Waals surface area (Å²) >= 11 is 0. The molecule has 0 aliphatic heterocycles. The number of ether oxygens (including phenoxy) is 1. The summed E-state index contributed by atoms with van der Waals surface area (Å²) < 4.78 is 5.25. The zero-order chi connectivity index (χ0) is 14.5. The van der Waals surface area contributed by atoms with E-state index in [0.29, 0.717) is 17.4 Å². The summed E-state index contributed by atoms with van der Waals surface area (Å²) in [6.07, 6.45) is 2.27. The maximum absolute atomic E-state index is 12.1. The number of amides is 1. The van der Waals surface area contributed by atoms with Crippen LogP contribution in [0, 0.1) is 23.7 Å². The summed E-state index contributed by atoms with van der Waals surface area (Å²) in [5.74, 6) is 6.55. The zero-order valence-electron chi connectivity index (χ0n) is 11.8. The van der Waals surface area contributed by atoms with Crippen molar-refractivity contribution in [2.45, 2.75) is 19.8 Å². The quantitative estimate of drug-likeness (QED) is 0.825. The predicted octanol–water partition coefficient (Wildman–Crippen LogP) is 2.02. The van der Waals surface area contributed by atoms with Crippen molar-refractivity contribution < 1.29 is 14.6 Å². The number of hydrogen-bond acceptors (Lipinski definition) is 3. The molecule has 1 aliphatic rings. The number of carbonyl (C=O) groups is 1. The first kappa shape index (κ1) is 14.4. The Balaban J connectivity index is 2.17. The first-order valence-corrected chi connectivity index (χ1v) is 6.74. The smallest absolute Gasteiger partial charge is 0.227 e. The number of methoxy groups -OCH3 is 1. The lowest BCUT2D eigenvalue weighted by Crippen LogP contribution is -2.22. The highest BCUT2D eigenvalue weighted by molar-refractivity contribution is 5.94. The Bertz CT molecular complexity index is 553. The van der Waals surface area contributed by atoms with Crippen LogP contribution >= 0.6 is 0 Å². The average molecular weight is 273 g/mol. The first-order chi connectivity index (χ1) is 9.65. The molecule has 0 heterocycles. The Morgan fingerprint density at radius 2 is 2.30 bits per heavy atom. The van der Waals surface area contributed by atoms with Gasteiger partial charge in [0.15, 0.2) is 0 Å². The molecule has 0 saturated heterocycles. The molecule has 1 saturated carbocycles. The van der Waals surface area contributed by atoms with E-state index in [1.54, 1.807) is 25.3 Å². The second kappa shape index (κ2) is 6.44. The van der Waals surface area contributed by atoms with Crippen LogP contribution in [0.5, 0.6) is 5.75 Å². The highest BCUT2D eigenvalue weighted by Crippen LogP contribution is 2.37. The maximum Gasteiger partial charge on any atom is 0.227 e. The first-order valence-electron chi connectivity index (χ1n) is 6.74. The van der Waals surface area contributed by atoms with Gasteiger partial charge in [-0.1, -0.05) is 18.8 Å². The van der Waals surface area contributed by atoms with Crippen molar-refractivity contribution in [2.75, 3.05) is 19.0 Å². The fourth-order valence-corrected chi connectivity index (χ4v) is 2.08. The number of anilines is 1. The molecule has 1 fully saturated rings. The molecule has 4 heteroatoms. The largest absolute Gasteiger partial charge is 0.495 e. The molecule has 1 aliphatic carbocycles. The van der Waals surface area contributed by atoms with Gasteiger partial charge in [0.2, 0.25) is 5.91 Å². The van der Waals surface area contributed by atoms with Crippen molar-refractivity contribution >= 4 is 11.6 Å². The lowest BCUT2D eigenvalue weighted by molar-refractivity contribution is -0.119. The van der Waals surface area contributed by atoms with Gasteiger partial charge in [-0.3, -0.25) is 4.79 Å². The molecule has 4 nitrogen and oxygen atoms in total. The Morgan fingerprint density at radius 3 is 2.90 bits per heavy atom. The van der Waals surface area contributed by atoms with Crippen LogP contribution in [0.3, 0.4) is 0 Å². The van der Waals surface area contributed by atoms with Crippen LogP contribution in [0.25, 0.3) is 0 Å². The maximum atomic E-state index is 12.1. The third-order valence-corrected chi connectivity index (χ3v) is 3.51. The molecule has 1 amide bonds. The summed E-state index contributed by atoms with van der Waals surface area (Å²) in [6.45, 7) is 1.77. The van der Waals surface area contributed by atoms with E-state index in [2.05, 4.69) is 17.2 Å². The number of hydrogen-bond donors (Lipinski definition) is 2. The van der Waals surface area contributed by atoms with E-state index in [1.165, 1.54) is 0 Å². The van der Waals surface area contributed by atoms with Crippen molar-refractivity contribution in [3.8, 4) is 17.6 Å². The normalized spacial score (nSPS) is 14.9. The standard InChI is InChI=1S/C16H19NO3/c1-11(13-6-7-13)16(19)17-14-10-12(4-3-9-18)5-8-15(14)20-2/h5,8,10-11,13,18H,6-7,9H2,1-2H3,(H,17,19). The molecule has 0 aromatic heterocycles. The summed E-state index contributed by atoms with van der Waals surface area (Å²) in [6, 6.07) is 5.32. The van der Waals surface area contributed by atoms with E-state index in [0.717, 1.165) is 18.4 Å². The fourth-order valence-electron chi connectivity index (χ4n) is 2.08. The van der Waals surface area contributed by atoms with Crippen molar-refractivity contribution in [1.82, 2.24) is 0 Å². The molecule has 1 aromatic rings. The van der Waals surface area contributed by atoms with Crippen LogP contribution in [0.15, 0.2) is 18.2 Å². The van der Waals surface area contributed by atoms with Gasteiger partial charge in [0.1, 0.15) is 12.4 Å². The van der Waals surface area contributed by atoms with Gasteiger partial charge in [-0.15, -0.1) is 0 Å². The Morgan fingerprint density at radius 1 is 1.55 bits per heavy atom. The number of aliphatic hydroxyl groups is 1. The minimum absolute atomic E-state index is 0.0121. The van der Waals surface area contributed by atoms with Crippen LogP contribution in [0.4, 0.5) is 5.69 Å². The minimum Gasteiger partial charge on any atom is -0.495 e. The van der Waals surface area contributed by atoms with E-state index >= 15 is 0 Å². The number of rotatable bonds is 4.